The molecule has 0 radical (unpaired) electrons. The van der Waals surface area contributed by atoms with E-state index in [4.69, 9.17) is 4.74 Å². The maximum absolute atomic E-state index is 13.2. The van der Waals surface area contributed by atoms with Crippen LogP contribution >= 0.6 is 0 Å². The van der Waals surface area contributed by atoms with Crippen molar-refractivity contribution in [2.75, 3.05) is 31.5 Å². The first-order valence-corrected chi connectivity index (χ1v) is 12.6. The zero-order valence-electron chi connectivity index (χ0n) is 19.3. The van der Waals surface area contributed by atoms with Crippen LogP contribution in [0, 0.1) is 5.92 Å². The van der Waals surface area contributed by atoms with Crippen LogP contribution in [0.4, 0.5) is 5.69 Å². The van der Waals surface area contributed by atoms with Gasteiger partial charge in [0, 0.05) is 19.6 Å². The summed E-state index contributed by atoms with van der Waals surface area (Å²) in [5.74, 6) is 0.258. The smallest absolute Gasteiger partial charge is 0.261 e. The summed E-state index contributed by atoms with van der Waals surface area (Å²) in [6, 6.07) is 10.6. The quantitative estimate of drug-likeness (QED) is 0.611. The second kappa shape index (κ2) is 10.7. The number of amides is 2. The minimum atomic E-state index is -4.07. The molecule has 0 atom stereocenters. The molecule has 33 heavy (non-hydrogen) atoms. The van der Waals surface area contributed by atoms with Crippen LogP contribution in [0.15, 0.2) is 47.4 Å². The largest absolute Gasteiger partial charge is 0.496 e. The fourth-order valence-corrected chi connectivity index (χ4v) is 4.82. The van der Waals surface area contributed by atoms with Crippen LogP contribution in [0.2, 0.25) is 0 Å². The number of rotatable bonds is 8. The second-order valence-corrected chi connectivity index (χ2v) is 9.93. The molecule has 0 aliphatic carbocycles. The zero-order chi connectivity index (χ0) is 24.0. The summed E-state index contributed by atoms with van der Waals surface area (Å²) in [5, 5.41) is 2.75. The zero-order valence-corrected chi connectivity index (χ0v) is 20.1. The van der Waals surface area contributed by atoms with Crippen molar-refractivity contribution in [2.45, 2.75) is 38.0 Å². The lowest BCUT2D eigenvalue weighted by atomic mass is 9.98. The molecule has 2 N–H and O–H groups in total. The van der Waals surface area contributed by atoms with Crippen molar-refractivity contribution in [3.63, 3.8) is 0 Å². The van der Waals surface area contributed by atoms with Crippen molar-refractivity contribution in [3.05, 3.63) is 53.6 Å². The van der Waals surface area contributed by atoms with Crippen LogP contribution in [0.3, 0.4) is 0 Å². The number of para-hydroxylation sites is 1. The molecule has 9 heteroatoms. The average Bonchev–Trinajstić information content (AvgIpc) is 2.82. The van der Waals surface area contributed by atoms with Crippen molar-refractivity contribution >= 4 is 27.5 Å². The molecule has 0 aromatic heterocycles. The van der Waals surface area contributed by atoms with Crippen LogP contribution < -0.4 is 14.8 Å². The summed E-state index contributed by atoms with van der Waals surface area (Å²) < 4.78 is 34.2. The molecule has 2 amide bonds. The number of likely N-dealkylation sites (tertiary alicyclic amines) is 1. The first kappa shape index (κ1) is 24.6. The molecule has 0 saturated carbocycles. The SMILES string of the molecule is CCCNC(=O)c1ccccc1NS(=O)(=O)c1ccc(OC)c(C(=O)N2CCC(C)CC2)c1. The van der Waals surface area contributed by atoms with Gasteiger partial charge in [-0.25, -0.2) is 8.42 Å². The van der Waals surface area contributed by atoms with E-state index >= 15 is 0 Å². The molecule has 1 saturated heterocycles. The average molecular weight is 474 g/mol. The molecular formula is C24H31N3O5S. The first-order chi connectivity index (χ1) is 15.8. The fourth-order valence-electron chi connectivity index (χ4n) is 3.71. The number of carbonyl (C=O) groups excluding carboxylic acids is 2. The van der Waals surface area contributed by atoms with Crippen LogP contribution in [-0.4, -0.2) is 51.9 Å². The molecule has 0 unspecified atom stereocenters. The van der Waals surface area contributed by atoms with Crippen LogP contribution in [0.1, 0.15) is 53.8 Å². The Bertz CT molecular complexity index is 1110. The number of hydrogen-bond donors (Lipinski definition) is 2. The van der Waals surface area contributed by atoms with Gasteiger partial charge in [-0.3, -0.25) is 14.3 Å². The summed E-state index contributed by atoms with van der Waals surface area (Å²) in [6.45, 7) is 5.82. The van der Waals surface area contributed by atoms with E-state index in [-0.39, 0.29) is 33.5 Å². The minimum absolute atomic E-state index is 0.0826. The van der Waals surface area contributed by atoms with E-state index in [1.54, 1.807) is 23.1 Å². The van der Waals surface area contributed by atoms with E-state index in [9.17, 15) is 18.0 Å². The highest BCUT2D eigenvalue weighted by molar-refractivity contribution is 7.92. The van der Waals surface area contributed by atoms with Crippen molar-refractivity contribution < 1.29 is 22.7 Å². The van der Waals surface area contributed by atoms with Gasteiger partial charge >= 0.3 is 0 Å². The predicted molar refractivity (Wildman–Crippen MR) is 127 cm³/mol. The predicted octanol–water partition coefficient (Wildman–Crippen LogP) is 3.51. The number of ether oxygens (including phenoxy) is 1. The normalized spacial score (nSPS) is 14.6. The summed E-state index contributed by atoms with van der Waals surface area (Å²) in [4.78, 5) is 27.3. The topological polar surface area (TPSA) is 105 Å². The van der Waals surface area contributed by atoms with Gasteiger partial charge in [-0.1, -0.05) is 26.0 Å². The monoisotopic (exact) mass is 473 g/mol. The van der Waals surface area contributed by atoms with Crippen molar-refractivity contribution in [1.29, 1.82) is 0 Å². The van der Waals surface area contributed by atoms with Gasteiger partial charge in [-0.2, -0.15) is 0 Å². The number of methoxy groups -OCH3 is 1. The maximum Gasteiger partial charge on any atom is 0.261 e. The fraction of sp³-hybridized carbons (Fsp3) is 0.417. The molecule has 1 heterocycles. The van der Waals surface area contributed by atoms with Gasteiger partial charge in [-0.05, 0) is 55.5 Å². The molecule has 1 fully saturated rings. The Balaban J connectivity index is 1.90. The summed E-state index contributed by atoms with van der Waals surface area (Å²) in [6.07, 6.45) is 2.58. The number of carbonyl (C=O) groups is 2. The summed E-state index contributed by atoms with van der Waals surface area (Å²) in [5.41, 5.74) is 0.588. The van der Waals surface area contributed by atoms with Crippen LogP contribution in [-0.2, 0) is 10.0 Å². The molecule has 1 aliphatic rings. The third kappa shape index (κ3) is 5.84. The van der Waals surface area contributed by atoms with E-state index in [1.165, 1.54) is 31.4 Å². The van der Waals surface area contributed by atoms with E-state index in [2.05, 4.69) is 17.0 Å². The Labute approximate surface area is 195 Å². The highest BCUT2D eigenvalue weighted by atomic mass is 32.2. The van der Waals surface area contributed by atoms with Crippen molar-refractivity contribution in [1.82, 2.24) is 10.2 Å². The molecule has 3 rings (SSSR count). The van der Waals surface area contributed by atoms with Crippen LogP contribution in [0.5, 0.6) is 5.75 Å². The maximum atomic E-state index is 13.2. The highest BCUT2D eigenvalue weighted by Gasteiger charge is 2.26. The van der Waals surface area contributed by atoms with Gasteiger partial charge < -0.3 is 15.0 Å². The molecule has 2 aromatic carbocycles. The van der Waals surface area contributed by atoms with Crippen molar-refractivity contribution in [3.8, 4) is 5.75 Å². The number of anilines is 1. The van der Waals surface area contributed by atoms with Gasteiger partial charge in [0.25, 0.3) is 21.8 Å². The van der Waals surface area contributed by atoms with Gasteiger partial charge in [0.05, 0.1) is 28.8 Å². The Morgan fingerprint density at radius 1 is 1.09 bits per heavy atom. The lowest BCUT2D eigenvalue weighted by Gasteiger charge is -2.30. The van der Waals surface area contributed by atoms with Gasteiger partial charge in [-0.15, -0.1) is 0 Å². The second-order valence-electron chi connectivity index (χ2n) is 8.24. The standard InChI is InChI=1S/C24H31N3O5S/c1-4-13-25-23(28)19-7-5-6-8-21(19)26-33(30,31)18-9-10-22(32-3)20(16-18)24(29)27-14-11-17(2)12-15-27/h5-10,16-17,26H,4,11-15H2,1-3H3,(H,25,28). The van der Waals surface area contributed by atoms with E-state index in [0.29, 0.717) is 31.3 Å². The number of nitrogens with one attached hydrogen (secondary N) is 2. The van der Waals surface area contributed by atoms with Gasteiger partial charge in [0.2, 0.25) is 0 Å². The number of piperidine rings is 1. The Morgan fingerprint density at radius 3 is 2.45 bits per heavy atom. The molecule has 178 valence electrons. The molecule has 0 spiro atoms. The molecule has 1 aliphatic heterocycles. The third-order valence-corrected chi connectivity index (χ3v) is 7.10. The van der Waals surface area contributed by atoms with Gasteiger partial charge in [0.15, 0.2) is 0 Å². The van der Waals surface area contributed by atoms with Crippen LogP contribution in [0.25, 0.3) is 0 Å². The number of nitrogens with zero attached hydrogens (tertiary/aromatic N) is 1. The first-order valence-electron chi connectivity index (χ1n) is 11.1. The lowest BCUT2D eigenvalue weighted by Crippen LogP contribution is -2.38. The molecule has 0 bridgehead atoms. The van der Waals surface area contributed by atoms with Gasteiger partial charge in [0.1, 0.15) is 5.75 Å². The molecule has 2 aromatic rings. The minimum Gasteiger partial charge on any atom is -0.496 e. The third-order valence-electron chi connectivity index (χ3n) is 5.73. The summed E-state index contributed by atoms with van der Waals surface area (Å²) in [7, 11) is -2.62. The van der Waals surface area contributed by atoms with E-state index in [1.807, 2.05) is 6.92 Å². The Hall–Kier alpha value is -3.07. The van der Waals surface area contributed by atoms with Crippen molar-refractivity contribution in [2.24, 2.45) is 5.92 Å². The van der Waals surface area contributed by atoms with E-state index in [0.717, 1.165) is 19.3 Å². The number of benzene rings is 2. The molecular weight excluding hydrogens is 442 g/mol. The molecule has 8 nitrogen and oxygen atoms in total. The Morgan fingerprint density at radius 2 is 1.79 bits per heavy atom. The summed E-state index contributed by atoms with van der Waals surface area (Å²) >= 11 is 0. The highest BCUT2D eigenvalue weighted by Crippen LogP contribution is 2.28. The van der Waals surface area contributed by atoms with E-state index < -0.39 is 10.0 Å². The Kier molecular flexibility index (Phi) is 7.97. The lowest BCUT2D eigenvalue weighted by molar-refractivity contribution is 0.0693. The number of sulfonamides is 1. The number of hydrogen-bond acceptors (Lipinski definition) is 5.